The summed E-state index contributed by atoms with van der Waals surface area (Å²) in [6.45, 7) is 6.07. The number of esters is 1. The van der Waals surface area contributed by atoms with Crippen molar-refractivity contribution in [3.8, 4) is 5.75 Å². The van der Waals surface area contributed by atoms with Crippen molar-refractivity contribution in [3.63, 3.8) is 0 Å². The van der Waals surface area contributed by atoms with E-state index >= 15 is 0 Å². The first-order valence-electron chi connectivity index (χ1n) is 16.8. The van der Waals surface area contributed by atoms with Gasteiger partial charge in [-0.3, -0.25) is 23.9 Å². The monoisotopic (exact) mass is 750 g/mol. The van der Waals surface area contributed by atoms with E-state index in [1.54, 1.807) is 48.1 Å². The molecular formula is C38H44BrClN4O5. The SMILES string of the molecule is CCN(Cc1cc(C(=O)NCCCOC(=O)Cc2c(C)n(C(=O)c3ccc(Cl)cc3)c3ccc(OC)cc23)cc(Br)c1N)C1CCCCC1. The fourth-order valence-corrected chi connectivity index (χ4v) is 7.28. The van der Waals surface area contributed by atoms with Crippen molar-refractivity contribution in [1.29, 1.82) is 0 Å². The molecule has 3 aromatic carbocycles. The molecular weight excluding hydrogens is 708 g/mol. The molecule has 4 aromatic rings. The zero-order valence-corrected chi connectivity index (χ0v) is 30.7. The number of amides is 1. The van der Waals surface area contributed by atoms with Crippen LogP contribution in [0.25, 0.3) is 10.9 Å². The molecule has 1 aliphatic rings. The van der Waals surface area contributed by atoms with Gasteiger partial charge in [-0.2, -0.15) is 0 Å². The van der Waals surface area contributed by atoms with E-state index in [9.17, 15) is 14.4 Å². The Labute approximate surface area is 301 Å². The van der Waals surface area contributed by atoms with E-state index in [2.05, 4.69) is 33.1 Å². The van der Waals surface area contributed by atoms with Crippen molar-refractivity contribution in [2.45, 2.75) is 71.4 Å². The molecule has 5 rings (SSSR count). The second-order valence-electron chi connectivity index (χ2n) is 12.5. The molecule has 0 unspecified atom stereocenters. The Bertz CT molecular complexity index is 1820. The highest BCUT2D eigenvalue weighted by Crippen LogP contribution is 2.32. The number of aromatic nitrogens is 1. The summed E-state index contributed by atoms with van der Waals surface area (Å²) in [5.74, 6) is -0.259. The largest absolute Gasteiger partial charge is 0.497 e. The number of anilines is 1. The minimum Gasteiger partial charge on any atom is -0.497 e. The number of nitrogen functional groups attached to an aromatic ring is 1. The summed E-state index contributed by atoms with van der Waals surface area (Å²) in [5.41, 5.74) is 11.0. The zero-order chi connectivity index (χ0) is 35.1. The van der Waals surface area contributed by atoms with Crippen molar-refractivity contribution in [2.24, 2.45) is 0 Å². The number of benzene rings is 3. The quantitative estimate of drug-likeness (QED) is 0.0817. The van der Waals surface area contributed by atoms with E-state index in [4.69, 9.17) is 26.8 Å². The third-order valence-corrected chi connectivity index (χ3v) is 10.3. The Morgan fingerprint density at radius 1 is 1.04 bits per heavy atom. The van der Waals surface area contributed by atoms with Crippen molar-refractivity contribution >= 4 is 61.9 Å². The maximum atomic E-state index is 13.6. The first kappa shape index (κ1) is 36.4. The summed E-state index contributed by atoms with van der Waals surface area (Å²) >= 11 is 9.58. The standard InChI is InChI=1S/C38H44BrClN4O5/c1-4-43(29-9-6-5-7-10-29)23-27-19-26(20-33(39)36(27)41)37(46)42-17-8-18-49-35(45)22-31-24(2)44(34-16-15-30(48-3)21-32(31)34)38(47)25-11-13-28(40)14-12-25/h11-16,19-21,29H,4-10,17-18,22-23,41H2,1-3H3,(H,42,46). The van der Waals surface area contributed by atoms with Crippen LogP contribution < -0.4 is 15.8 Å². The second-order valence-corrected chi connectivity index (χ2v) is 13.8. The summed E-state index contributed by atoms with van der Waals surface area (Å²) in [5, 5.41) is 4.21. The summed E-state index contributed by atoms with van der Waals surface area (Å²) in [7, 11) is 1.57. The van der Waals surface area contributed by atoms with Crippen LogP contribution >= 0.6 is 27.5 Å². The minimum absolute atomic E-state index is 0.0271. The Morgan fingerprint density at radius 2 is 1.78 bits per heavy atom. The smallest absolute Gasteiger partial charge is 0.310 e. The lowest BCUT2D eigenvalue weighted by atomic mass is 9.93. The van der Waals surface area contributed by atoms with Gasteiger partial charge in [0.2, 0.25) is 0 Å². The Morgan fingerprint density at radius 3 is 2.47 bits per heavy atom. The number of fused-ring (bicyclic) bond motifs is 1. The third-order valence-electron chi connectivity index (χ3n) is 9.38. The van der Waals surface area contributed by atoms with E-state index in [0.717, 1.165) is 17.5 Å². The molecule has 49 heavy (non-hydrogen) atoms. The molecule has 1 aliphatic carbocycles. The number of nitrogens with zero attached hydrogens (tertiary/aromatic N) is 2. The number of halogens is 2. The average molecular weight is 752 g/mol. The van der Waals surface area contributed by atoms with Gasteiger partial charge in [-0.15, -0.1) is 0 Å². The molecule has 0 radical (unpaired) electrons. The zero-order valence-electron chi connectivity index (χ0n) is 28.3. The number of rotatable bonds is 13. The van der Waals surface area contributed by atoms with Crippen LogP contribution in [0.1, 0.15) is 83.0 Å². The molecule has 0 saturated heterocycles. The van der Waals surface area contributed by atoms with Gasteiger partial charge in [0.15, 0.2) is 0 Å². The molecule has 1 heterocycles. The molecule has 260 valence electrons. The van der Waals surface area contributed by atoms with Gasteiger partial charge in [-0.25, -0.2) is 0 Å². The Hall–Kier alpha value is -3.86. The van der Waals surface area contributed by atoms with Crippen LogP contribution in [0.5, 0.6) is 5.75 Å². The predicted molar refractivity (Wildman–Crippen MR) is 198 cm³/mol. The lowest BCUT2D eigenvalue weighted by molar-refractivity contribution is -0.142. The Balaban J connectivity index is 1.18. The summed E-state index contributed by atoms with van der Waals surface area (Å²) in [6.07, 6.45) is 6.61. The first-order chi connectivity index (χ1) is 23.6. The summed E-state index contributed by atoms with van der Waals surface area (Å²) in [4.78, 5) is 42.2. The number of nitrogens with two attached hydrogens (primary N) is 1. The van der Waals surface area contributed by atoms with Gasteiger partial charge in [0, 0.05) is 50.8 Å². The van der Waals surface area contributed by atoms with Crippen LogP contribution in [0.15, 0.2) is 59.1 Å². The highest BCUT2D eigenvalue weighted by Gasteiger charge is 2.24. The molecule has 1 amide bonds. The fourth-order valence-electron chi connectivity index (χ4n) is 6.65. The van der Waals surface area contributed by atoms with Crippen LogP contribution in [-0.2, 0) is 22.5 Å². The predicted octanol–water partition coefficient (Wildman–Crippen LogP) is 7.71. The molecule has 0 spiro atoms. The Kier molecular flexibility index (Phi) is 12.4. The number of nitrogens with one attached hydrogen (secondary N) is 1. The molecule has 11 heteroatoms. The number of hydrogen-bond acceptors (Lipinski definition) is 7. The molecule has 1 fully saturated rings. The van der Waals surface area contributed by atoms with Gasteiger partial charge in [0.25, 0.3) is 11.8 Å². The van der Waals surface area contributed by atoms with E-state index in [0.29, 0.717) is 74.4 Å². The molecule has 1 saturated carbocycles. The molecule has 0 bridgehead atoms. The van der Waals surface area contributed by atoms with Gasteiger partial charge in [-0.05, 0) is 114 Å². The lowest BCUT2D eigenvalue weighted by Gasteiger charge is -2.34. The number of carbonyl (C=O) groups excluding carboxylic acids is 3. The van der Waals surface area contributed by atoms with E-state index in [1.165, 1.54) is 32.1 Å². The highest BCUT2D eigenvalue weighted by molar-refractivity contribution is 9.10. The normalized spacial score (nSPS) is 13.5. The summed E-state index contributed by atoms with van der Waals surface area (Å²) in [6, 6.07) is 16.3. The van der Waals surface area contributed by atoms with Crippen molar-refractivity contribution in [1.82, 2.24) is 14.8 Å². The molecule has 0 atom stereocenters. The number of methoxy groups -OCH3 is 1. The van der Waals surface area contributed by atoms with Crippen LogP contribution in [0.2, 0.25) is 5.02 Å². The van der Waals surface area contributed by atoms with Crippen molar-refractivity contribution in [3.05, 3.63) is 92.0 Å². The van der Waals surface area contributed by atoms with Gasteiger partial charge in [0.05, 0.1) is 31.3 Å². The van der Waals surface area contributed by atoms with Crippen LogP contribution in [0.3, 0.4) is 0 Å². The van der Waals surface area contributed by atoms with Crippen molar-refractivity contribution in [2.75, 3.05) is 32.5 Å². The highest BCUT2D eigenvalue weighted by atomic mass is 79.9. The van der Waals surface area contributed by atoms with E-state index < -0.39 is 5.97 Å². The summed E-state index contributed by atoms with van der Waals surface area (Å²) < 4.78 is 13.3. The number of hydrogen-bond donors (Lipinski definition) is 2. The average Bonchev–Trinajstić information content (AvgIpc) is 3.38. The second kappa shape index (κ2) is 16.7. The maximum absolute atomic E-state index is 13.6. The van der Waals surface area contributed by atoms with Gasteiger partial charge in [-0.1, -0.05) is 37.8 Å². The molecule has 0 aliphatic heterocycles. The first-order valence-corrected chi connectivity index (χ1v) is 18.0. The third kappa shape index (κ3) is 8.66. The molecule has 3 N–H and O–H groups in total. The maximum Gasteiger partial charge on any atom is 0.310 e. The van der Waals surface area contributed by atoms with Gasteiger partial charge in [0.1, 0.15) is 5.75 Å². The van der Waals surface area contributed by atoms with E-state index in [1.807, 2.05) is 25.1 Å². The van der Waals surface area contributed by atoms with Crippen LogP contribution in [0, 0.1) is 6.92 Å². The number of ether oxygens (including phenoxy) is 2. The van der Waals surface area contributed by atoms with E-state index in [-0.39, 0.29) is 24.8 Å². The van der Waals surface area contributed by atoms with Crippen molar-refractivity contribution < 1.29 is 23.9 Å². The molecule has 9 nitrogen and oxygen atoms in total. The fraction of sp³-hybridized carbons (Fsp3) is 0.395. The van der Waals surface area contributed by atoms with Gasteiger partial charge < -0.3 is 20.5 Å². The topological polar surface area (TPSA) is 116 Å². The minimum atomic E-state index is -0.430. The molecule has 1 aromatic heterocycles. The van der Waals surface area contributed by atoms with Crippen LogP contribution in [0.4, 0.5) is 5.69 Å². The lowest BCUT2D eigenvalue weighted by Crippen LogP contribution is -2.36. The van der Waals surface area contributed by atoms with Crippen LogP contribution in [-0.4, -0.2) is 60.1 Å². The number of carbonyl (C=O) groups is 3. The van der Waals surface area contributed by atoms with Gasteiger partial charge >= 0.3 is 5.97 Å².